The van der Waals surface area contributed by atoms with Gasteiger partial charge in [-0.3, -0.25) is 9.78 Å². The fourth-order valence-corrected chi connectivity index (χ4v) is 2.03. The summed E-state index contributed by atoms with van der Waals surface area (Å²) < 4.78 is 0. The normalized spacial score (nSPS) is 10.6. The second kappa shape index (κ2) is 8.85. The van der Waals surface area contributed by atoms with Gasteiger partial charge in [0.25, 0.3) is 5.91 Å². The van der Waals surface area contributed by atoms with Gasteiger partial charge in [0.15, 0.2) is 0 Å². The molecule has 2 rings (SSSR count). The van der Waals surface area contributed by atoms with Gasteiger partial charge in [0.05, 0.1) is 11.9 Å². The number of pyridine rings is 2. The molecule has 0 unspecified atom stereocenters. The molecule has 2 heterocycles. The van der Waals surface area contributed by atoms with Gasteiger partial charge < -0.3 is 15.5 Å². The number of anilines is 1. The van der Waals surface area contributed by atoms with E-state index in [0.29, 0.717) is 18.8 Å². The van der Waals surface area contributed by atoms with Crippen LogP contribution in [-0.4, -0.2) is 48.0 Å². The summed E-state index contributed by atoms with van der Waals surface area (Å²) in [6.07, 6.45) is 6.15. The van der Waals surface area contributed by atoms with E-state index in [-0.39, 0.29) is 5.91 Å². The van der Waals surface area contributed by atoms with E-state index < -0.39 is 0 Å². The summed E-state index contributed by atoms with van der Waals surface area (Å²) in [6, 6.07) is 7.49. The molecule has 0 aliphatic rings. The van der Waals surface area contributed by atoms with Gasteiger partial charge in [0.2, 0.25) is 0 Å². The average Bonchev–Trinajstić information content (AvgIpc) is 2.58. The summed E-state index contributed by atoms with van der Waals surface area (Å²) in [5, 5.41) is 6.13. The maximum absolute atomic E-state index is 12.0. The smallest absolute Gasteiger partial charge is 0.269 e. The highest BCUT2D eigenvalue weighted by molar-refractivity contribution is 5.92. The van der Waals surface area contributed by atoms with Crippen LogP contribution in [-0.2, 0) is 6.54 Å². The van der Waals surface area contributed by atoms with Crippen molar-refractivity contribution in [3.63, 3.8) is 0 Å². The molecule has 0 fully saturated rings. The maximum atomic E-state index is 12.0. The van der Waals surface area contributed by atoms with E-state index in [1.165, 1.54) is 0 Å². The van der Waals surface area contributed by atoms with Gasteiger partial charge in [-0.25, -0.2) is 4.98 Å². The Bertz CT molecular complexity index is 598. The van der Waals surface area contributed by atoms with Crippen molar-refractivity contribution in [2.24, 2.45) is 0 Å². The Hall–Kier alpha value is -2.47. The van der Waals surface area contributed by atoms with Crippen LogP contribution in [0.25, 0.3) is 0 Å². The van der Waals surface area contributed by atoms with Crippen LogP contribution in [0.2, 0.25) is 0 Å². The summed E-state index contributed by atoms with van der Waals surface area (Å²) in [7, 11) is 4.03. The molecule has 2 N–H and O–H groups in total. The van der Waals surface area contributed by atoms with E-state index in [0.717, 1.165) is 24.2 Å². The second-order valence-electron chi connectivity index (χ2n) is 5.56. The lowest BCUT2D eigenvalue weighted by Crippen LogP contribution is -2.27. The summed E-state index contributed by atoms with van der Waals surface area (Å²) in [6.45, 7) is 2.27. The molecule has 2 aromatic heterocycles. The third-order valence-corrected chi connectivity index (χ3v) is 3.28. The fourth-order valence-electron chi connectivity index (χ4n) is 2.03. The molecule has 0 aliphatic carbocycles. The highest BCUT2D eigenvalue weighted by atomic mass is 16.1. The van der Waals surface area contributed by atoms with Gasteiger partial charge in [-0.2, -0.15) is 0 Å². The summed E-state index contributed by atoms with van der Waals surface area (Å²) in [5.41, 5.74) is 2.40. The highest BCUT2D eigenvalue weighted by Crippen LogP contribution is 2.08. The third-order valence-electron chi connectivity index (χ3n) is 3.28. The topological polar surface area (TPSA) is 70.2 Å². The van der Waals surface area contributed by atoms with Crippen LogP contribution >= 0.6 is 0 Å². The number of rotatable bonds is 8. The molecule has 6 heteroatoms. The van der Waals surface area contributed by atoms with Gasteiger partial charge >= 0.3 is 0 Å². The fraction of sp³-hybridized carbons (Fsp3) is 0.353. The Morgan fingerprint density at radius 3 is 2.74 bits per heavy atom. The van der Waals surface area contributed by atoms with Crippen LogP contribution in [0.3, 0.4) is 0 Å². The Kier molecular flexibility index (Phi) is 6.50. The van der Waals surface area contributed by atoms with Crippen molar-refractivity contribution in [3.05, 3.63) is 54.1 Å². The molecule has 0 radical (unpaired) electrons. The molecule has 2 aromatic rings. The van der Waals surface area contributed by atoms with E-state index in [1.54, 1.807) is 18.5 Å². The number of carbonyl (C=O) groups excluding carboxylic acids is 1. The number of amides is 1. The van der Waals surface area contributed by atoms with E-state index in [1.807, 2.05) is 38.5 Å². The van der Waals surface area contributed by atoms with E-state index in [4.69, 9.17) is 0 Å². The lowest BCUT2D eigenvalue weighted by Gasteiger charge is -2.10. The van der Waals surface area contributed by atoms with Crippen LogP contribution < -0.4 is 10.6 Å². The van der Waals surface area contributed by atoms with Gasteiger partial charge in [-0.15, -0.1) is 0 Å². The minimum Gasteiger partial charge on any atom is -0.380 e. The zero-order valence-corrected chi connectivity index (χ0v) is 13.6. The minimum atomic E-state index is -0.137. The molecule has 23 heavy (non-hydrogen) atoms. The first kappa shape index (κ1) is 16.9. The molecule has 0 aromatic carbocycles. The van der Waals surface area contributed by atoms with Crippen LogP contribution in [0.4, 0.5) is 5.69 Å². The monoisotopic (exact) mass is 313 g/mol. The van der Waals surface area contributed by atoms with Crippen molar-refractivity contribution in [1.82, 2.24) is 20.2 Å². The first-order chi connectivity index (χ1) is 11.1. The number of hydrogen-bond donors (Lipinski definition) is 2. The number of aromatic nitrogens is 2. The first-order valence-electron chi connectivity index (χ1n) is 7.67. The van der Waals surface area contributed by atoms with Gasteiger partial charge in [0.1, 0.15) is 5.69 Å². The van der Waals surface area contributed by atoms with E-state index in [9.17, 15) is 4.79 Å². The SMILES string of the molecule is CN(C)CCCNC(=O)c1ccc(NCc2cccnc2)cn1. The Balaban J connectivity index is 1.78. The molecule has 122 valence electrons. The molecule has 0 bridgehead atoms. The average molecular weight is 313 g/mol. The third kappa shape index (κ3) is 6.04. The Morgan fingerprint density at radius 2 is 2.09 bits per heavy atom. The van der Waals surface area contributed by atoms with Crippen molar-refractivity contribution in [3.8, 4) is 0 Å². The molecule has 6 nitrogen and oxygen atoms in total. The van der Waals surface area contributed by atoms with Crippen LogP contribution in [0.5, 0.6) is 0 Å². The van der Waals surface area contributed by atoms with Crippen LogP contribution in [0.15, 0.2) is 42.9 Å². The first-order valence-corrected chi connectivity index (χ1v) is 7.67. The number of carbonyl (C=O) groups is 1. The Morgan fingerprint density at radius 1 is 1.22 bits per heavy atom. The minimum absolute atomic E-state index is 0.137. The quantitative estimate of drug-likeness (QED) is 0.727. The number of nitrogens with one attached hydrogen (secondary N) is 2. The number of nitrogens with zero attached hydrogens (tertiary/aromatic N) is 3. The predicted octanol–water partition coefficient (Wildman–Crippen LogP) is 1.77. The van der Waals surface area contributed by atoms with Crippen molar-refractivity contribution < 1.29 is 4.79 Å². The summed E-state index contributed by atoms with van der Waals surface area (Å²) >= 11 is 0. The van der Waals surface area contributed by atoms with E-state index >= 15 is 0 Å². The molecule has 0 atom stereocenters. The standard InChI is InChI=1S/C17H23N5O/c1-22(2)10-4-9-19-17(23)16-7-6-15(13-21-16)20-12-14-5-3-8-18-11-14/h3,5-8,11,13,20H,4,9-10,12H2,1-2H3,(H,19,23). The molecule has 0 saturated heterocycles. The van der Waals surface area contributed by atoms with Crippen LogP contribution in [0, 0.1) is 0 Å². The lowest BCUT2D eigenvalue weighted by atomic mass is 10.2. The predicted molar refractivity (Wildman–Crippen MR) is 91.3 cm³/mol. The van der Waals surface area contributed by atoms with Crippen LogP contribution in [0.1, 0.15) is 22.5 Å². The maximum Gasteiger partial charge on any atom is 0.269 e. The summed E-state index contributed by atoms with van der Waals surface area (Å²) in [5.74, 6) is -0.137. The zero-order chi connectivity index (χ0) is 16.5. The van der Waals surface area contributed by atoms with E-state index in [2.05, 4.69) is 25.5 Å². The summed E-state index contributed by atoms with van der Waals surface area (Å²) in [4.78, 5) is 22.3. The largest absolute Gasteiger partial charge is 0.380 e. The zero-order valence-electron chi connectivity index (χ0n) is 13.6. The second-order valence-corrected chi connectivity index (χ2v) is 5.56. The molecular formula is C17H23N5O. The lowest BCUT2D eigenvalue weighted by molar-refractivity contribution is 0.0947. The van der Waals surface area contributed by atoms with Gasteiger partial charge in [-0.05, 0) is 50.8 Å². The van der Waals surface area contributed by atoms with Gasteiger partial charge in [0, 0.05) is 25.5 Å². The molecule has 0 aliphatic heterocycles. The van der Waals surface area contributed by atoms with Crippen molar-refractivity contribution in [1.29, 1.82) is 0 Å². The molecule has 0 spiro atoms. The van der Waals surface area contributed by atoms with Gasteiger partial charge in [-0.1, -0.05) is 6.07 Å². The van der Waals surface area contributed by atoms with Crippen molar-refractivity contribution in [2.75, 3.05) is 32.5 Å². The number of hydrogen-bond acceptors (Lipinski definition) is 5. The Labute approximate surface area is 137 Å². The molecular weight excluding hydrogens is 290 g/mol. The molecule has 1 amide bonds. The van der Waals surface area contributed by atoms with Crippen molar-refractivity contribution in [2.45, 2.75) is 13.0 Å². The van der Waals surface area contributed by atoms with Crippen molar-refractivity contribution >= 4 is 11.6 Å². The molecule has 0 saturated carbocycles. The highest BCUT2D eigenvalue weighted by Gasteiger charge is 2.06.